The van der Waals surface area contributed by atoms with E-state index in [0.717, 1.165) is 36.3 Å². The maximum atomic E-state index is 12.8. The molecular weight excluding hydrogens is 298 g/mol. The predicted molar refractivity (Wildman–Crippen MR) is 94.4 cm³/mol. The number of amides is 1. The summed E-state index contributed by atoms with van der Waals surface area (Å²) >= 11 is 0. The molecule has 4 fully saturated rings. The zero-order valence-electron chi connectivity index (χ0n) is 15.3. The smallest absolute Gasteiger partial charge is 0.221 e. The maximum Gasteiger partial charge on any atom is 0.221 e. The number of aromatic nitrogens is 2. The van der Waals surface area contributed by atoms with Gasteiger partial charge in [0.2, 0.25) is 5.91 Å². The number of hydrogen-bond donors (Lipinski definition) is 1. The Hall–Kier alpha value is -1.32. The third-order valence-electron chi connectivity index (χ3n) is 6.99. The number of rotatable bonds is 5. The van der Waals surface area contributed by atoms with Crippen LogP contribution in [-0.4, -0.2) is 15.7 Å². The van der Waals surface area contributed by atoms with Gasteiger partial charge in [-0.25, -0.2) is 0 Å². The average molecular weight is 329 g/mol. The molecule has 1 atom stereocenters. The minimum atomic E-state index is 0.0479. The van der Waals surface area contributed by atoms with E-state index >= 15 is 0 Å². The standard InChI is InChI=1S/C20H31N3O/c1-4-23-14(3)18(12-21-23)13(2)22-19(24)11-20-8-15-5-16(9-20)7-17(6-15)10-20/h12-13,15-17H,4-11H2,1-3H3,(H,22,24). The van der Waals surface area contributed by atoms with Gasteiger partial charge in [0, 0.05) is 24.2 Å². The van der Waals surface area contributed by atoms with Crippen LogP contribution in [0.5, 0.6) is 0 Å². The van der Waals surface area contributed by atoms with Crippen LogP contribution >= 0.6 is 0 Å². The molecule has 0 saturated heterocycles. The van der Waals surface area contributed by atoms with Gasteiger partial charge in [-0.05, 0) is 82.5 Å². The lowest BCUT2D eigenvalue weighted by Gasteiger charge is -2.56. The van der Waals surface area contributed by atoms with Crippen molar-refractivity contribution >= 4 is 5.91 Å². The zero-order valence-corrected chi connectivity index (χ0v) is 15.3. The normalized spacial score (nSPS) is 35.2. The Morgan fingerprint density at radius 2 is 1.88 bits per heavy atom. The highest BCUT2D eigenvalue weighted by atomic mass is 16.1. The Bertz CT molecular complexity index is 598. The van der Waals surface area contributed by atoms with Crippen molar-refractivity contribution in [2.45, 2.75) is 78.3 Å². The summed E-state index contributed by atoms with van der Waals surface area (Å²) in [6.45, 7) is 7.15. The topological polar surface area (TPSA) is 46.9 Å². The van der Waals surface area contributed by atoms with Gasteiger partial charge in [-0.15, -0.1) is 0 Å². The highest BCUT2D eigenvalue weighted by molar-refractivity contribution is 5.77. The van der Waals surface area contributed by atoms with Crippen LogP contribution in [0.1, 0.15) is 76.1 Å². The molecule has 4 aliphatic carbocycles. The first-order valence-corrected chi connectivity index (χ1v) is 9.79. The van der Waals surface area contributed by atoms with E-state index in [4.69, 9.17) is 0 Å². The monoisotopic (exact) mass is 329 g/mol. The molecule has 1 aromatic rings. The zero-order chi connectivity index (χ0) is 16.9. The largest absolute Gasteiger partial charge is 0.349 e. The molecule has 132 valence electrons. The van der Waals surface area contributed by atoms with Gasteiger partial charge in [-0.2, -0.15) is 5.10 Å². The summed E-state index contributed by atoms with van der Waals surface area (Å²) in [5, 5.41) is 7.67. The van der Waals surface area contributed by atoms with Gasteiger partial charge in [-0.3, -0.25) is 9.48 Å². The van der Waals surface area contributed by atoms with Gasteiger partial charge >= 0.3 is 0 Å². The van der Waals surface area contributed by atoms with Crippen molar-refractivity contribution in [1.82, 2.24) is 15.1 Å². The summed E-state index contributed by atoms with van der Waals surface area (Å²) in [7, 11) is 0. The van der Waals surface area contributed by atoms with Crippen molar-refractivity contribution in [1.29, 1.82) is 0 Å². The van der Waals surface area contributed by atoms with Crippen molar-refractivity contribution in [2.75, 3.05) is 0 Å². The highest BCUT2D eigenvalue weighted by Crippen LogP contribution is 2.61. The fraction of sp³-hybridized carbons (Fsp3) is 0.800. The molecule has 1 amide bonds. The van der Waals surface area contributed by atoms with Crippen LogP contribution in [0.25, 0.3) is 0 Å². The fourth-order valence-electron chi connectivity index (χ4n) is 6.42. The van der Waals surface area contributed by atoms with Crippen molar-refractivity contribution < 1.29 is 4.79 Å². The Balaban J connectivity index is 1.40. The van der Waals surface area contributed by atoms with Gasteiger partial charge in [0.1, 0.15) is 0 Å². The lowest BCUT2D eigenvalue weighted by atomic mass is 9.49. The summed E-state index contributed by atoms with van der Waals surface area (Å²) < 4.78 is 2.00. The van der Waals surface area contributed by atoms with Crippen LogP contribution in [0, 0.1) is 30.1 Å². The molecule has 1 N–H and O–H groups in total. The third kappa shape index (κ3) is 2.78. The number of nitrogens with zero attached hydrogens (tertiary/aromatic N) is 2. The van der Waals surface area contributed by atoms with E-state index in [9.17, 15) is 4.79 Å². The molecule has 24 heavy (non-hydrogen) atoms. The number of carbonyl (C=O) groups is 1. The Morgan fingerprint density at radius 1 is 1.29 bits per heavy atom. The molecule has 0 radical (unpaired) electrons. The van der Waals surface area contributed by atoms with Crippen molar-refractivity contribution in [3.8, 4) is 0 Å². The van der Waals surface area contributed by atoms with Crippen LogP contribution in [0.15, 0.2) is 6.20 Å². The van der Waals surface area contributed by atoms with Gasteiger partial charge in [0.05, 0.1) is 12.2 Å². The molecule has 1 aromatic heterocycles. The molecular formula is C20H31N3O. The first-order valence-electron chi connectivity index (χ1n) is 9.79. The molecule has 0 aromatic carbocycles. The second-order valence-corrected chi connectivity index (χ2v) is 8.88. The van der Waals surface area contributed by atoms with Crippen LogP contribution in [0.4, 0.5) is 0 Å². The summed E-state index contributed by atoms with van der Waals surface area (Å²) in [4.78, 5) is 12.8. The number of aryl methyl sites for hydroxylation is 1. The van der Waals surface area contributed by atoms with Crippen LogP contribution in [0.3, 0.4) is 0 Å². The number of nitrogens with one attached hydrogen (secondary N) is 1. The van der Waals surface area contributed by atoms with Crippen molar-refractivity contribution in [3.63, 3.8) is 0 Å². The molecule has 4 bridgehead atoms. The molecule has 5 rings (SSSR count). The van der Waals surface area contributed by atoms with E-state index in [1.54, 1.807) is 0 Å². The van der Waals surface area contributed by atoms with Crippen LogP contribution < -0.4 is 5.32 Å². The summed E-state index contributed by atoms with van der Waals surface area (Å²) in [6.07, 6.45) is 10.9. The lowest BCUT2D eigenvalue weighted by Crippen LogP contribution is -2.48. The van der Waals surface area contributed by atoms with Crippen molar-refractivity contribution in [3.05, 3.63) is 17.5 Å². The second kappa shape index (κ2) is 5.89. The Morgan fingerprint density at radius 3 is 2.38 bits per heavy atom. The van der Waals surface area contributed by atoms with E-state index in [0.29, 0.717) is 5.41 Å². The van der Waals surface area contributed by atoms with Gasteiger partial charge in [-0.1, -0.05) is 0 Å². The van der Waals surface area contributed by atoms with E-state index in [-0.39, 0.29) is 11.9 Å². The van der Waals surface area contributed by atoms with E-state index in [2.05, 4.69) is 31.2 Å². The number of carbonyl (C=O) groups excluding carboxylic acids is 1. The highest BCUT2D eigenvalue weighted by Gasteiger charge is 2.51. The molecule has 4 heteroatoms. The number of hydrogen-bond acceptors (Lipinski definition) is 2. The van der Waals surface area contributed by atoms with Crippen LogP contribution in [0.2, 0.25) is 0 Å². The molecule has 0 spiro atoms. The molecule has 4 saturated carbocycles. The van der Waals surface area contributed by atoms with E-state index < -0.39 is 0 Å². The first kappa shape index (κ1) is 16.2. The molecule has 4 aliphatic rings. The SMILES string of the molecule is CCn1ncc(C(C)NC(=O)CC23CC4CC(CC(C4)C2)C3)c1C. The molecule has 1 unspecified atom stereocenters. The maximum absolute atomic E-state index is 12.8. The fourth-order valence-corrected chi connectivity index (χ4v) is 6.42. The average Bonchev–Trinajstić information content (AvgIpc) is 2.85. The van der Waals surface area contributed by atoms with E-state index in [1.807, 2.05) is 10.9 Å². The Labute approximate surface area is 145 Å². The lowest BCUT2D eigenvalue weighted by molar-refractivity contribution is -0.130. The molecule has 1 heterocycles. The van der Waals surface area contributed by atoms with Gasteiger partial charge < -0.3 is 5.32 Å². The minimum Gasteiger partial charge on any atom is -0.349 e. The van der Waals surface area contributed by atoms with Gasteiger partial charge in [0.25, 0.3) is 0 Å². The summed E-state index contributed by atoms with van der Waals surface area (Å²) in [5.74, 6) is 2.97. The first-order chi connectivity index (χ1) is 11.5. The minimum absolute atomic E-state index is 0.0479. The van der Waals surface area contributed by atoms with E-state index in [1.165, 1.54) is 44.2 Å². The summed E-state index contributed by atoms with van der Waals surface area (Å²) in [5.41, 5.74) is 2.64. The summed E-state index contributed by atoms with van der Waals surface area (Å²) in [6, 6.07) is 0.0479. The molecule has 0 aliphatic heterocycles. The quantitative estimate of drug-likeness (QED) is 0.887. The molecule has 4 nitrogen and oxygen atoms in total. The van der Waals surface area contributed by atoms with Gasteiger partial charge in [0.15, 0.2) is 0 Å². The Kier molecular flexibility index (Phi) is 3.97. The second-order valence-electron chi connectivity index (χ2n) is 8.88. The third-order valence-corrected chi connectivity index (χ3v) is 6.99. The van der Waals surface area contributed by atoms with Crippen LogP contribution in [-0.2, 0) is 11.3 Å². The van der Waals surface area contributed by atoms with Crippen molar-refractivity contribution in [2.24, 2.45) is 23.2 Å². The predicted octanol–water partition coefficient (Wildman–Crippen LogP) is 4.00.